The van der Waals surface area contributed by atoms with Crippen LogP contribution in [-0.4, -0.2) is 53.5 Å². The molecule has 1 N–H and O–H groups in total. The molecule has 20 heavy (non-hydrogen) atoms. The number of carbonyl (C=O) groups is 1. The lowest BCUT2D eigenvalue weighted by molar-refractivity contribution is 0.0631. The number of carbonyl (C=O) groups excluding carboxylic acids is 1. The first-order valence-electron chi connectivity index (χ1n) is 7.13. The molecule has 0 unspecified atom stereocenters. The molecular formula is C15H19IN2O2. The van der Waals surface area contributed by atoms with Crippen LogP contribution in [0.2, 0.25) is 0 Å². The summed E-state index contributed by atoms with van der Waals surface area (Å²) in [6.07, 6.45) is 2.75. The molecule has 1 aliphatic carbocycles. The first-order valence-corrected chi connectivity index (χ1v) is 8.21. The van der Waals surface area contributed by atoms with Crippen LogP contribution in [0, 0.1) is 9.49 Å². The van der Waals surface area contributed by atoms with E-state index in [-0.39, 0.29) is 11.7 Å². The summed E-state index contributed by atoms with van der Waals surface area (Å²) in [6.45, 7) is 4.72. The second-order valence-electron chi connectivity index (χ2n) is 5.70. The van der Waals surface area contributed by atoms with E-state index in [9.17, 15) is 9.90 Å². The number of hydrogen-bond acceptors (Lipinski definition) is 3. The van der Waals surface area contributed by atoms with Crippen LogP contribution in [0.15, 0.2) is 18.2 Å². The van der Waals surface area contributed by atoms with Crippen LogP contribution in [0.1, 0.15) is 23.2 Å². The summed E-state index contributed by atoms with van der Waals surface area (Å²) >= 11 is 2.06. The topological polar surface area (TPSA) is 43.8 Å². The standard InChI is InChI=1S/C15H19IN2O2/c16-13-4-3-12(9-14(13)19)15(20)18-7-5-17(6-8-18)10-11-1-2-11/h3-4,9,11,19H,1-2,5-8,10H2. The normalized spacial score (nSPS) is 20.1. The molecule has 1 aliphatic heterocycles. The van der Waals surface area contributed by atoms with Crippen LogP contribution < -0.4 is 0 Å². The van der Waals surface area contributed by atoms with Gasteiger partial charge in [0.2, 0.25) is 0 Å². The fourth-order valence-electron chi connectivity index (χ4n) is 2.63. The molecule has 5 heteroatoms. The number of aromatic hydroxyl groups is 1. The van der Waals surface area contributed by atoms with Gasteiger partial charge in [0.25, 0.3) is 5.91 Å². The summed E-state index contributed by atoms with van der Waals surface area (Å²) in [5.41, 5.74) is 0.582. The van der Waals surface area contributed by atoms with Gasteiger partial charge < -0.3 is 10.0 Å². The van der Waals surface area contributed by atoms with Crippen molar-refractivity contribution in [2.24, 2.45) is 5.92 Å². The average Bonchev–Trinajstić information content (AvgIpc) is 3.26. The number of piperazine rings is 1. The van der Waals surface area contributed by atoms with Gasteiger partial charge in [-0.15, -0.1) is 0 Å². The SMILES string of the molecule is O=C(c1ccc(I)c(O)c1)N1CCN(CC2CC2)CC1. The van der Waals surface area contributed by atoms with Gasteiger partial charge in [0.15, 0.2) is 0 Å². The molecule has 1 saturated heterocycles. The summed E-state index contributed by atoms with van der Waals surface area (Å²) in [5, 5.41) is 9.71. The molecule has 0 aromatic heterocycles. The number of phenolic OH excluding ortho intramolecular Hbond substituents is 1. The Balaban J connectivity index is 1.58. The molecule has 108 valence electrons. The van der Waals surface area contributed by atoms with Crippen LogP contribution >= 0.6 is 22.6 Å². The van der Waals surface area contributed by atoms with Crippen molar-refractivity contribution in [3.05, 3.63) is 27.3 Å². The molecule has 0 radical (unpaired) electrons. The Hall–Kier alpha value is -0.820. The van der Waals surface area contributed by atoms with Gasteiger partial charge in [-0.3, -0.25) is 9.69 Å². The zero-order valence-electron chi connectivity index (χ0n) is 11.4. The van der Waals surface area contributed by atoms with Crippen molar-refractivity contribution in [2.45, 2.75) is 12.8 Å². The van der Waals surface area contributed by atoms with E-state index in [4.69, 9.17) is 0 Å². The van der Waals surface area contributed by atoms with Gasteiger partial charge in [-0.25, -0.2) is 0 Å². The number of benzene rings is 1. The maximum Gasteiger partial charge on any atom is 0.254 e. The van der Waals surface area contributed by atoms with Gasteiger partial charge in [-0.1, -0.05) is 0 Å². The van der Waals surface area contributed by atoms with E-state index >= 15 is 0 Å². The lowest BCUT2D eigenvalue weighted by Crippen LogP contribution is -2.49. The van der Waals surface area contributed by atoms with Gasteiger partial charge in [0.05, 0.1) is 3.57 Å². The lowest BCUT2D eigenvalue weighted by atomic mass is 10.1. The van der Waals surface area contributed by atoms with Gasteiger partial charge in [0, 0.05) is 38.3 Å². The molecule has 2 fully saturated rings. The Labute approximate surface area is 132 Å². The van der Waals surface area contributed by atoms with E-state index in [0.717, 1.165) is 35.7 Å². The minimum absolute atomic E-state index is 0.0303. The van der Waals surface area contributed by atoms with Crippen molar-refractivity contribution in [1.29, 1.82) is 0 Å². The third-order valence-corrected chi connectivity index (χ3v) is 4.98. The van der Waals surface area contributed by atoms with Gasteiger partial charge in [-0.05, 0) is 59.5 Å². The zero-order valence-corrected chi connectivity index (χ0v) is 13.5. The zero-order chi connectivity index (χ0) is 14.1. The smallest absolute Gasteiger partial charge is 0.254 e. The molecule has 1 amide bonds. The van der Waals surface area contributed by atoms with Crippen LogP contribution in [0.4, 0.5) is 0 Å². The van der Waals surface area contributed by atoms with Crippen LogP contribution in [0.5, 0.6) is 5.75 Å². The molecule has 1 aromatic rings. The number of hydrogen-bond donors (Lipinski definition) is 1. The van der Waals surface area contributed by atoms with Crippen LogP contribution in [0.3, 0.4) is 0 Å². The average molecular weight is 386 g/mol. The first-order chi connectivity index (χ1) is 9.63. The number of nitrogens with zero attached hydrogens (tertiary/aromatic N) is 2. The lowest BCUT2D eigenvalue weighted by Gasteiger charge is -2.34. The largest absolute Gasteiger partial charge is 0.507 e. The molecular weight excluding hydrogens is 367 g/mol. The van der Waals surface area contributed by atoms with E-state index in [1.54, 1.807) is 18.2 Å². The summed E-state index contributed by atoms with van der Waals surface area (Å²) in [7, 11) is 0. The molecule has 0 bridgehead atoms. The Morgan fingerprint density at radius 1 is 1.25 bits per heavy atom. The monoisotopic (exact) mass is 386 g/mol. The highest BCUT2D eigenvalue weighted by atomic mass is 127. The maximum absolute atomic E-state index is 12.4. The molecule has 1 heterocycles. The third kappa shape index (κ3) is 3.25. The summed E-state index contributed by atoms with van der Waals surface area (Å²) < 4.78 is 0.772. The Kier molecular flexibility index (Phi) is 4.16. The van der Waals surface area contributed by atoms with Crippen molar-refractivity contribution in [3.63, 3.8) is 0 Å². The molecule has 1 saturated carbocycles. The van der Waals surface area contributed by atoms with Crippen molar-refractivity contribution in [2.75, 3.05) is 32.7 Å². The molecule has 1 aromatic carbocycles. The fraction of sp³-hybridized carbons (Fsp3) is 0.533. The van der Waals surface area contributed by atoms with E-state index in [1.165, 1.54) is 19.4 Å². The second-order valence-corrected chi connectivity index (χ2v) is 6.86. The minimum atomic E-state index is 0.0303. The molecule has 4 nitrogen and oxygen atoms in total. The first kappa shape index (κ1) is 14.1. The van der Waals surface area contributed by atoms with Crippen LogP contribution in [0.25, 0.3) is 0 Å². The van der Waals surface area contributed by atoms with Crippen molar-refractivity contribution >= 4 is 28.5 Å². The van der Waals surface area contributed by atoms with Gasteiger partial charge >= 0.3 is 0 Å². The van der Waals surface area contributed by atoms with Crippen molar-refractivity contribution in [3.8, 4) is 5.75 Å². The van der Waals surface area contributed by atoms with Crippen molar-refractivity contribution in [1.82, 2.24) is 9.80 Å². The predicted molar refractivity (Wildman–Crippen MR) is 85.9 cm³/mol. The van der Waals surface area contributed by atoms with E-state index < -0.39 is 0 Å². The number of phenols is 1. The van der Waals surface area contributed by atoms with Crippen molar-refractivity contribution < 1.29 is 9.90 Å². The summed E-state index contributed by atoms with van der Waals surface area (Å²) in [4.78, 5) is 16.8. The third-order valence-electron chi connectivity index (χ3n) is 4.07. The van der Waals surface area contributed by atoms with Crippen LogP contribution in [-0.2, 0) is 0 Å². The number of amides is 1. The van der Waals surface area contributed by atoms with E-state index in [0.29, 0.717) is 5.56 Å². The Morgan fingerprint density at radius 3 is 2.55 bits per heavy atom. The molecule has 3 rings (SSSR count). The van der Waals surface area contributed by atoms with Gasteiger partial charge in [-0.2, -0.15) is 0 Å². The Bertz CT molecular complexity index is 509. The second kappa shape index (κ2) is 5.89. The Morgan fingerprint density at radius 2 is 1.95 bits per heavy atom. The quantitative estimate of drug-likeness (QED) is 0.810. The minimum Gasteiger partial charge on any atom is -0.507 e. The predicted octanol–water partition coefficient (Wildman–Crippen LogP) is 2.16. The van der Waals surface area contributed by atoms with E-state index in [2.05, 4.69) is 27.5 Å². The summed E-state index contributed by atoms with van der Waals surface area (Å²) in [5.74, 6) is 1.12. The van der Waals surface area contributed by atoms with E-state index in [1.807, 2.05) is 4.90 Å². The fourth-order valence-corrected chi connectivity index (χ4v) is 2.96. The highest BCUT2D eigenvalue weighted by molar-refractivity contribution is 14.1. The number of rotatable bonds is 3. The highest BCUT2D eigenvalue weighted by Crippen LogP contribution is 2.30. The number of halogens is 1. The van der Waals surface area contributed by atoms with Gasteiger partial charge in [0.1, 0.15) is 5.75 Å². The molecule has 2 aliphatic rings. The summed E-state index contributed by atoms with van der Waals surface area (Å²) in [6, 6.07) is 5.15. The highest BCUT2D eigenvalue weighted by Gasteiger charge is 2.28. The molecule has 0 spiro atoms. The maximum atomic E-state index is 12.4. The molecule has 0 atom stereocenters.